The molecule has 2 aromatic heterocycles. The molecule has 1 saturated carbocycles. The van der Waals surface area contributed by atoms with Gasteiger partial charge in [-0.15, -0.1) is 0 Å². The molecule has 5 rings (SSSR count). The normalized spacial score (nSPS) is 17.5. The van der Waals surface area contributed by atoms with Crippen molar-refractivity contribution in [3.05, 3.63) is 48.0 Å². The predicted molar refractivity (Wildman–Crippen MR) is 104 cm³/mol. The van der Waals surface area contributed by atoms with Crippen molar-refractivity contribution in [2.45, 2.75) is 51.0 Å². The van der Waals surface area contributed by atoms with Crippen molar-refractivity contribution >= 4 is 11.5 Å². The number of anilines is 1. The second kappa shape index (κ2) is 6.76. The van der Waals surface area contributed by atoms with Crippen LogP contribution in [0.15, 0.2) is 36.8 Å². The molecule has 27 heavy (non-hydrogen) atoms. The Hall–Kier alpha value is -2.76. The van der Waals surface area contributed by atoms with Gasteiger partial charge in [-0.3, -0.25) is 9.38 Å². The van der Waals surface area contributed by atoms with Crippen molar-refractivity contribution in [3.8, 4) is 11.5 Å². The number of nitrogens with one attached hydrogen (secondary N) is 1. The van der Waals surface area contributed by atoms with Gasteiger partial charge in [0, 0.05) is 24.4 Å². The van der Waals surface area contributed by atoms with E-state index in [4.69, 9.17) is 14.5 Å². The molecular weight excluding hydrogens is 340 g/mol. The van der Waals surface area contributed by atoms with Crippen molar-refractivity contribution in [2.24, 2.45) is 0 Å². The first kappa shape index (κ1) is 16.4. The van der Waals surface area contributed by atoms with Gasteiger partial charge in [0.25, 0.3) is 0 Å². The van der Waals surface area contributed by atoms with Crippen molar-refractivity contribution in [3.63, 3.8) is 0 Å². The van der Waals surface area contributed by atoms with Crippen LogP contribution in [0.5, 0.6) is 11.5 Å². The lowest BCUT2D eigenvalue weighted by Gasteiger charge is -2.17. The molecule has 0 amide bonds. The van der Waals surface area contributed by atoms with Crippen molar-refractivity contribution in [2.75, 3.05) is 12.1 Å². The molecule has 1 aliphatic heterocycles. The number of fused-ring (bicyclic) bond motifs is 2. The molecule has 0 saturated heterocycles. The van der Waals surface area contributed by atoms with Gasteiger partial charge in [0.1, 0.15) is 5.82 Å². The van der Waals surface area contributed by atoms with Crippen LogP contribution in [0.3, 0.4) is 0 Å². The quantitative estimate of drug-likeness (QED) is 0.737. The lowest BCUT2D eigenvalue weighted by molar-refractivity contribution is 0.174. The van der Waals surface area contributed by atoms with Crippen molar-refractivity contribution in [1.29, 1.82) is 0 Å². The molecule has 3 aromatic rings. The van der Waals surface area contributed by atoms with E-state index < -0.39 is 0 Å². The minimum atomic E-state index is 0.272. The van der Waals surface area contributed by atoms with E-state index in [0.29, 0.717) is 12.8 Å². The molecular formula is C21H24N4O2. The van der Waals surface area contributed by atoms with Crippen LogP contribution >= 0.6 is 0 Å². The van der Waals surface area contributed by atoms with E-state index in [1.165, 1.54) is 31.2 Å². The Morgan fingerprint density at radius 2 is 2.07 bits per heavy atom. The number of aromatic nitrogens is 3. The summed E-state index contributed by atoms with van der Waals surface area (Å²) in [5.74, 6) is 3.05. The van der Waals surface area contributed by atoms with Crippen molar-refractivity contribution < 1.29 is 9.47 Å². The van der Waals surface area contributed by atoms with Gasteiger partial charge in [-0.1, -0.05) is 25.8 Å². The number of nitrogens with zero attached hydrogens (tertiary/aromatic N) is 3. The summed E-state index contributed by atoms with van der Waals surface area (Å²) in [5.41, 5.74) is 3.23. The van der Waals surface area contributed by atoms with Gasteiger partial charge in [0.2, 0.25) is 6.79 Å². The molecule has 1 N–H and O–H groups in total. The molecule has 1 aromatic carbocycles. The molecule has 1 fully saturated rings. The highest BCUT2D eigenvalue weighted by Gasteiger charge is 2.23. The monoisotopic (exact) mass is 364 g/mol. The third kappa shape index (κ3) is 3.09. The molecule has 0 bridgehead atoms. The topological polar surface area (TPSA) is 60.7 Å². The fourth-order valence-electron chi connectivity index (χ4n) is 4.19. The first-order valence-corrected chi connectivity index (χ1v) is 9.75. The predicted octanol–water partition coefficient (Wildman–Crippen LogP) is 4.16. The van der Waals surface area contributed by atoms with Crippen LogP contribution in [0.2, 0.25) is 0 Å². The smallest absolute Gasteiger partial charge is 0.231 e. The largest absolute Gasteiger partial charge is 0.454 e. The zero-order chi connectivity index (χ0) is 18.2. The summed E-state index contributed by atoms with van der Waals surface area (Å²) in [6, 6.07) is 6.73. The van der Waals surface area contributed by atoms with Gasteiger partial charge in [0.05, 0.1) is 11.9 Å². The zero-order valence-corrected chi connectivity index (χ0v) is 15.5. The van der Waals surface area contributed by atoms with E-state index in [-0.39, 0.29) is 5.92 Å². The third-order valence-electron chi connectivity index (χ3n) is 5.60. The Labute approximate surface area is 158 Å². The van der Waals surface area contributed by atoms with Gasteiger partial charge in [-0.05, 0) is 37.0 Å². The average molecular weight is 364 g/mol. The summed E-state index contributed by atoms with van der Waals surface area (Å²) in [4.78, 5) is 9.15. The fourth-order valence-corrected chi connectivity index (χ4v) is 4.19. The number of rotatable bonds is 5. The third-order valence-corrected chi connectivity index (χ3v) is 5.60. The van der Waals surface area contributed by atoms with Crippen molar-refractivity contribution in [1.82, 2.24) is 14.4 Å². The minimum Gasteiger partial charge on any atom is -0.454 e. The number of ether oxygens (including phenoxy) is 2. The summed E-state index contributed by atoms with van der Waals surface area (Å²) in [6.07, 6.45) is 11.6. The Balaban J connectivity index is 1.45. The Morgan fingerprint density at radius 3 is 2.96 bits per heavy atom. The first-order chi connectivity index (χ1) is 13.3. The fraction of sp³-hybridized carbons (Fsp3) is 0.429. The Kier molecular flexibility index (Phi) is 4.11. The van der Waals surface area contributed by atoms with E-state index >= 15 is 0 Å². The van der Waals surface area contributed by atoms with Crippen LogP contribution in [0.25, 0.3) is 5.65 Å². The van der Waals surface area contributed by atoms with E-state index in [1.54, 1.807) is 0 Å². The molecule has 140 valence electrons. The van der Waals surface area contributed by atoms with Gasteiger partial charge in [-0.2, -0.15) is 0 Å². The number of hydrogen-bond donors (Lipinski definition) is 1. The highest BCUT2D eigenvalue weighted by atomic mass is 16.7. The zero-order valence-electron chi connectivity index (χ0n) is 15.5. The van der Waals surface area contributed by atoms with Crippen LogP contribution in [0.1, 0.15) is 49.8 Å². The Bertz CT molecular complexity index is 962. The summed E-state index contributed by atoms with van der Waals surface area (Å²) < 4.78 is 13.1. The summed E-state index contributed by atoms with van der Waals surface area (Å²) in [6.45, 7) is 2.54. The number of hydrogen-bond acceptors (Lipinski definition) is 5. The molecule has 0 spiro atoms. The summed E-state index contributed by atoms with van der Waals surface area (Å²) in [5, 5.41) is 3.77. The molecule has 1 aliphatic carbocycles. The lowest BCUT2D eigenvalue weighted by atomic mass is 9.97. The maximum absolute atomic E-state index is 5.52. The first-order valence-electron chi connectivity index (χ1n) is 9.75. The van der Waals surface area contributed by atoms with Crippen LogP contribution in [0, 0.1) is 0 Å². The standard InChI is InChI=1S/C21H24N4O2/c1-14(10-15-6-7-17-18(11-15)27-13-26-17)20-21(23-16-4-2-3-5-16)25-9-8-22-12-19(25)24-20/h6-9,11-12,14,16,23H,2-5,10,13H2,1H3/t14-/m0/s1. The lowest BCUT2D eigenvalue weighted by Crippen LogP contribution is -2.17. The van der Waals surface area contributed by atoms with Gasteiger partial charge >= 0.3 is 0 Å². The summed E-state index contributed by atoms with van der Waals surface area (Å²) >= 11 is 0. The molecule has 6 nitrogen and oxygen atoms in total. The average Bonchev–Trinajstić information content (AvgIpc) is 3.42. The van der Waals surface area contributed by atoms with E-state index in [1.807, 2.05) is 24.7 Å². The van der Waals surface area contributed by atoms with E-state index in [9.17, 15) is 0 Å². The SMILES string of the molecule is C[C@@H](Cc1ccc2c(c1)OCO2)c1nc2cnccn2c1NC1CCCC1. The van der Waals surface area contributed by atoms with Gasteiger partial charge in [0.15, 0.2) is 17.1 Å². The van der Waals surface area contributed by atoms with Crippen LogP contribution < -0.4 is 14.8 Å². The minimum absolute atomic E-state index is 0.272. The highest BCUT2D eigenvalue weighted by Crippen LogP contribution is 2.35. The van der Waals surface area contributed by atoms with E-state index in [0.717, 1.165) is 35.1 Å². The van der Waals surface area contributed by atoms with Gasteiger partial charge < -0.3 is 14.8 Å². The molecule has 2 aliphatic rings. The molecule has 0 radical (unpaired) electrons. The molecule has 3 heterocycles. The second-order valence-corrected chi connectivity index (χ2v) is 7.57. The maximum Gasteiger partial charge on any atom is 0.231 e. The van der Waals surface area contributed by atoms with Crippen LogP contribution in [0.4, 0.5) is 5.82 Å². The maximum atomic E-state index is 5.52. The number of benzene rings is 1. The van der Waals surface area contributed by atoms with Crippen LogP contribution in [-0.4, -0.2) is 27.2 Å². The molecule has 6 heteroatoms. The summed E-state index contributed by atoms with van der Waals surface area (Å²) in [7, 11) is 0. The Morgan fingerprint density at radius 1 is 1.22 bits per heavy atom. The highest BCUT2D eigenvalue weighted by molar-refractivity contribution is 5.56. The molecule has 0 unspecified atom stereocenters. The van der Waals surface area contributed by atoms with Gasteiger partial charge in [-0.25, -0.2) is 4.98 Å². The van der Waals surface area contributed by atoms with E-state index in [2.05, 4.69) is 33.8 Å². The molecule has 1 atom stereocenters. The second-order valence-electron chi connectivity index (χ2n) is 7.57. The number of imidazole rings is 1. The van der Waals surface area contributed by atoms with Crippen LogP contribution in [-0.2, 0) is 6.42 Å².